The van der Waals surface area contributed by atoms with Crippen molar-refractivity contribution in [3.63, 3.8) is 0 Å². The summed E-state index contributed by atoms with van der Waals surface area (Å²) in [5.41, 5.74) is 4.01. The molecule has 10 heteroatoms. The van der Waals surface area contributed by atoms with Gasteiger partial charge in [-0.25, -0.2) is 18.7 Å². The molecule has 0 aliphatic carbocycles. The number of nitrogens with two attached hydrogens (primary N) is 1. The van der Waals surface area contributed by atoms with E-state index in [2.05, 4.69) is 21.8 Å². The number of nitro groups is 1. The van der Waals surface area contributed by atoms with Gasteiger partial charge in [0.15, 0.2) is 11.5 Å². The largest absolute Gasteiger partial charge is 0.383 e. The minimum atomic E-state index is -1.97. The van der Waals surface area contributed by atoms with Crippen molar-refractivity contribution in [2.24, 2.45) is 0 Å². The summed E-state index contributed by atoms with van der Waals surface area (Å²) in [5, 5.41) is 11.7. The second-order valence-electron chi connectivity index (χ2n) is 6.86. The number of aromatic nitrogens is 2. The zero-order valence-electron chi connectivity index (χ0n) is 15.4. The molecule has 7 nitrogen and oxygen atoms in total. The molecule has 1 atom stereocenters. The van der Waals surface area contributed by atoms with Gasteiger partial charge < -0.3 is 10.6 Å². The van der Waals surface area contributed by atoms with Crippen LogP contribution >= 0.6 is 11.6 Å². The van der Waals surface area contributed by atoms with Crippen molar-refractivity contribution in [2.75, 3.05) is 23.7 Å². The van der Waals surface area contributed by atoms with E-state index in [9.17, 15) is 14.5 Å². The van der Waals surface area contributed by atoms with Crippen LogP contribution < -0.4 is 10.6 Å². The predicted octanol–water partition coefficient (Wildman–Crippen LogP) is 3.88. The standard InChI is InChI=1S/C20H14ClF2N5O2/c21-14-2-1-3-16(18(14)22)27-7-6-20(23,10-27)5-4-12-8-15-13(9-17(12)28(29)30)19(24)26-11-25-15/h1-3,8-9,11H,6-7,10H2,(H2,24,25,26). The van der Waals surface area contributed by atoms with Crippen LogP contribution in [0.3, 0.4) is 0 Å². The first-order valence-electron chi connectivity index (χ1n) is 8.87. The molecule has 2 N–H and O–H groups in total. The number of nitrogens with zero attached hydrogens (tertiary/aromatic N) is 4. The second kappa shape index (κ2) is 7.39. The third kappa shape index (κ3) is 3.57. The summed E-state index contributed by atoms with van der Waals surface area (Å²) >= 11 is 5.80. The maximum absolute atomic E-state index is 15.3. The molecule has 0 saturated carbocycles. The topological polar surface area (TPSA) is 98.2 Å². The second-order valence-corrected chi connectivity index (χ2v) is 7.27. The highest BCUT2D eigenvalue weighted by atomic mass is 35.5. The molecule has 30 heavy (non-hydrogen) atoms. The Bertz CT molecular complexity index is 1240. The monoisotopic (exact) mass is 429 g/mol. The fourth-order valence-electron chi connectivity index (χ4n) is 3.36. The Morgan fingerprint density at radius 3 is 2.90 bits per heavy atom. The SMILES string of the molecule is Nc1ncnc2cc(C#CC3(F)CCN(c4cccc(Cl)c4F)C3)c([N+](=O)[O-])cc12. The van der Waals surface area contributed by atoms with Crippen LogP contribution in [0.4, 0.5) is 26.0 Å². The van der Waals surface area contributed by atoms with Crippen LogP contribution in [0.2, 0.25) is 5.02 Å². The van der Waals surface area contributed by atoms with Crippen LogP contribution in [0.15, 0.2) is 36.7 Å². The lowest BCUT2D eigenvalue weighted by atomic mass is 10.0. The highest BCUT2D eigenvalue weighted by Crippen LogP contribution is 2.33. The van der Waals surface area contributed by atoms with Crippen LogP contribution in [-0.4, -0.2) is 33.6 Å². The van der Waals surface area contributed by atoms with E-state index in [0.29, 0.717) is 10.9 Å². The van der Waals surface area contributed by atoms with E-state index < -0.39 is 16.4 Å². The number of benzene rings is 2. The summed E-state index contributed by atoms with van der Waals surface area (Å²) in [5.74, 6) is 4.53. The number of halogens is 3. The molecule has 0 bridgehead atoms. The average molecular weight is 430 g/mol. The van der Waals surface area contributed by atoms with E-state index in [4.69, 9.17) is 17.3 Å². The average Bonchev–Trinajstić information content (AvgIpc) is 3.10. The van der Waals surface area contributed by atoms with Crippen LogP contribution in [-0.2, 0) is 0 Å². The minimum absolute atomic E-state index is 0.00927. The van der Waals surface area contributed by atoms with Gasteiger partial charge in [0.05, 0.1) is 27.7 Å². The van der Waals surface area contributed by atoms with Gasteiger partial charge in [-0.1, -0.05) is 29.5 Å². The van der Waals surface area contributed by atoms with Gasteiger partial charge in [-0.3, -0.25) is 10.1 Å². The molecule has 2 heterocycles. The van der Waals surface area contributed by atoms with Crippen LogP contribution in [0, 0.1) is 27.8 Å². The Morgan fingerprint density at radius 2 is 2.13 bits per heavy atom. The molecule has 0 radical (unpaired) electrons. The van der Waals surface area contributed by atoms with Gasteiger partial charge >= 0.3 is 0 Å². The van der Waals surface area contributed by atoms with Crippen molar-refractivity contribution >= 4 is 39.7 Å². The molecule has 1 saturated heterocycles. The first-order valence-corrected chi connectivity index (χ1v) is 9.25. The fraction of sp³-hybridized carbons (Fsp3) is 0.200. The highest BCUT2D eigenvalue weighted by molar-refractivity contribution is 6.31. The van der Waals surface area contributed by atoms with E-state index in [0.717, 1.165) is 0 Å². The summed E-state index contributed by atoms with van der Waals surface area (Å²) in [6.07, 6.45) is 1.24. The normalized spacial score (nSPS) is 18.3. The summed E-state index contributed by atoms with van der Waals surface area (Å²) in [4.78, 5) is 20.2. The van der Waals surface area contributed by atoms with Crippen molar-refractivity contribution in [1.29, 1.82) is 0 Å². The van der Waals surface area contributed by atoms with Crippen molar-refractivity contribution in [1.82, 2.24) is 9.97 Å². The number of hydrogen-bond donors (Lipinski definition) is 1. The Labute approximate surface area is 174 Å². The number of alkyl halides is 1. The van der Waals surface area contributed by atoms with E-state index in [1.165, 1.54) is 35.5 Å². The maximum atomic E-state index is 15.3. The molecule has 4 rings (SSSR count). The number of hydrogen-bond acceptors (Lipinski definition) is 6. The minimum Gasteiger partial charge on any atom is -0.383 e. The Morgan fingerprint density at radius 1 is 1.33 bits per heavy atom. The van der Waals surface area contributed by atoms with E-state index in [1.54, 1.807) is 6.07 Å². The molecule has 0 amide bonds. The lowest BCUT2D eigenvalue weighted by Crippen LogP contribution is -2.28. The first-order chi connectivity index (χ1) is 14.3. The van der Waals surface area contributed by atoms with Gasteiger partial charge in [-0.15, -0.1) is 0 Å². The maximum Gasteiger partial charge on any atom is 0.285 e. The summed E-state index contributed by atoms with van der Waals surface area (Å²) in [6, 6.07) is 7.11. The van der Waals surface area contributed by atoms with E-state index in [-0.39, 0.29) is 47.3 Å². The van der Waals surface area contributed by atoms with Crippen molar-refractivity contribution in [3.05, 3.63) is 63.2 Å². The molecule has 0 spiro atoms. The zero-order chi connectivity index (χ0) is 21.5. The zero-order valence-corrected chi connectivity index (χ0v) is 16.2. The van der Waals surface area contributed by atoms with Crippen molar-refractivity contribution in [3.8, 4) is 11.8 Å². The molecule has 152 valence electrons. The van der Waals surface area contributed by atoms with Gasteiger partial charge in [-0.2, -0.15) is 0 Å². The summed E-state index contributed by atoms with van der Waals surface area (Å²) in [7, 11) is 0. The highest BCUT2D eigenvalue weighted by Gasteiger charge is 2.38. The molecule has 1 fully saturated rings. The predicted molar refractivity (Wildman–Crippen MR) is 110 cm³/mol. The van der Waals surface area contributed by atoms with Gasteiger partial charge in [0.1, 0.15) is 17.7 Å². The smallest absolute Gasteiger partial charge is 0.285 e. The van der Waals surface area contributed by atoms with Gasteiger partial charge in [0, 0.05) is 24.4 Å². The quantitative estimate of drug-likeness (QED) is 0.377. The first kappa shape index (κ1) is 19.8. The molecule has 1 aliphatic heterocycles. The van der Waals surface area contributed by atoms with Gasteiger partial charge in [-0.05, 0) is 18.2 Å². The van der Waals surface area contributed by atoms with E-state index in [1.807, 2.05) is 0 Å². The number of nitro benzene ring substituents is 1. The summed E-state index contributed by atoms with van der Waals surface area (Å²) < 4.78 is 29.5. The molecular formula is C20H14ClF2N5O2. The van der Waals surface area contributed by atoms with E-state index >= 15 is 4.39 Å². The third-order valence-corrected chi connectivity index (χ3v) is 5.18. The van der Waals surface area contributed by atoms with Gasteiger partial charge in [0.25, 0.3) is 5.69 Å². The van der Waals surface area contributed by atoms with Crippen molar-refractivity contribution < 1.29 is 13.7 Å². The lowest BCUT2D eigenvalue weighted by Gasteiger charge is -2.20. The molecule has 1 aliphatic rings. The summed E-state index contributed by atoms with van der Waals surface area (Å²) in [6.45, 7) is 0.0414. The molecule has 2 aromatic carbocycles. The third-order valence-electron chi connectivity index (χ3n) is 4.89. The Kier molecular flexibility index (Phi) is 4.87. The Hall–Kier alpha value is -3.51. The fourth-order valence-corrected chi connectivity index (χ4v) is 3.53. The van der Waals surface area contributed by atoms with Crippen LogP contribution in [0.1, 0.15) is 12.0 Å². The van der Waals surface area contributed by atoms with Crippen molar-refractivity contribution in [2.45, 2.75) is 12.1 Å². The lowest BCUT2D eigenvalue weighted by molar-refractivity contribution is -0.385. The molecule has 1 unspecified atom stereocenters. The van der Waals surface area contributed by atoms with Crippen LogP contribution in [0.5, 0.6) is 0 Å². The number of anilines is 2. The molecular weight excluding hydrogens is 416 g/mol. The van der Waals surface area contributed by atoms with Gasteiger partial charge in [0.2, 0.25) is 0 Å². The number of rotatable bonds is 2. The number of nitrogen functional groups attached to an aromatic ring is 1. The molecule has 3 aromatic rings. The molecule has 1 aromatic heterocycles. The number of fused-ring (bicyclic) bond motifs is 1. The Balaban J connectivity index is 1.68. The van der Waals surface area contributed by atoms with Crippen LogP contribution in [0.25, 0.3) is 10.9 Å².